The molecule has 21 heteroatoms. The minimum Gasteiger partial charge on any atom is -0.394 e. The fraction of sp³-hybridized carbons (Fsp3) is 0.476. The number of nitrogens with zero attached hydrogens (tertiary/aromatic N) is 5. The van der Waals surface area contributed by atoms with Gasteiger partial charge in [0.15, 0.2) is 36.0 Å². The lowest BCUT2D eigenvalue weighted by atomic mass is 10.1. The molecule has 9 atom stereocenters. The van der Waals surface area contributed by atoms with Gasteiger partial charge >= 0.3 is 6.80 Å². The van der Waals surface area contributed by atoms with Crippen molar-refractivity contribution in [1.29, 1.82) is 0 Å². The second-order valence-electron chi connectivity index (χ2n) is 9.49. The van der Waals surface area contributed by atoms with Crippen LogP contribution in [0.2, 0.25) is 0 Å². The zero-order valence-electron chi connectivity index (χ0n) is 21.1. The van der Waals surface area contributed by atoms with Gasteiger partial charge in [0.05, 0.1) is 31.3 Å². The molecule has 6 rings (SSSR count). The number of alkyl halides is 2. The van der Waals surface area contributed by atoms with Crippen molar-refractivity contribution in [3.8, 4) is 0 Å². The van der Waals surface area contributed by atoms with E-state index in [1.54, 1.807) is 0 Å². The first-order valence-corrected chi connectivity index (χ1v) is 15.0. The number of halogens is 2. The van der Waals surface area contributed by atoms with E-state index in [4.69, 9.17) is 24.3 Å². The number of ether oxygens (including phenoxy) is 2. The molecule has 42 heavy (non-hydrogen) atoms. The van der Waals surface area contributed by atoms with Crippen LogP contribution in [0.3, 0.4) is 0 Å². The van der Waals surface area contributed by atoms with E-state index in [1.807, 2.05) is 0 Å². The summed E-state index contributed by atoms with van der Waals surface area (Å²) in [5.41, 5.74) is 4.32. The Balaban J connectivity index is 1.19. The predicted molar refractivity (Wildman–Crippen MR) is 141 cm³/mol. The number of hydrogen-bond acceptors (Lipinski definition) is 13. The van der Waals surface area contributed by atoms with E-state index in [0.29, 0.717) is 0 Å². The molecule has 6 N–H and O–H groups in total. The molecule has 0 amide bonds. The Labute approximate surface area is 237 Å². The number of anilines is 1. The summed E-state index contributed by atoms with van der Waals surface area (Å²) in [6, 6.07) is 1.40. The van der Waals surface area contributed by atoms with E-state index in [0.717, 1.165) is 17.2 Å². The van der Waals surface area contributed by atoms with Crippen LogP contribution < -0.4 is 16.9 Å². The summed E-state index contributed by atoms with van der Waals surface area (Å²) >= 11 is 3.90. The molecule has 2 saturated heterocycles. The highest BCUT2D eigenvalue weighted by molar-refractivity contribution is 8.44. The highest BCUT2D eigenvalue weighted by Crippen LogP contribution is 2.57. The summed E-state index contributed by atoms with van der Waals surface area (Å²) in [4.78, 5) is 40.7. The molecular formula is C21H23F2N8O9PS. The molecule has 0 radical (unpaired) electrons. The van der Waals surface area contributed by atoms with Gasteiger partial charge in [-0.1, -0.05) is 12.2 Å². The standard InChI is InChI=1S/C21H23F2N8O9PS/c22-10-8(3-32)38-20(31-6-27-12-16(31)28-21(24)29-18(12)35)14(10)40-41(36,42)37-4-9-13(33)11(23)19(39-9)30-2-1-7-15(30)25-5-26-17(7)34/h1-2,5-6,8-11,13-14,19-20,32-33H,3-4H2,(H,36,42)(H,25,26,34)(H3,24,28,29,35)/t8-,9-,10-,11+,13-,14-,19-,20-,41?/m1/s1. The number of aliphatic hydroxyl groups excluding tert-OH is 2. The molecule has 1 unspecified atom stereocenters. The molecule has 0 bridgehead atoms. The molecule has 2 aliphatic heterocycles. The number of imidazole rings is 1. The van der Waals surface area contributed by atoms with Gasteiger partial charge in [0.2, 0.25) is 5.95 Å². The van der Waals surface area contributed by atoms with Crippen LogP contribution in [0, 0.1) is 0 Å². The van der Waals surface area contributed by atoms with E-state index >= 15 is 8.78 Å². The van der Waals surface area contributed by atoms with Crippen LogP contribution in [0.1, 0.15) is 12.5 Å². The van der Waals surface area contributed by atoms with Gasteiger partial charge < -0.3 is 35.0 Å². The number of aromatic amines is 2. The molecule has 0 spiro atoms. The van der Waals surface area contributed by atoms with Crippen LogP contribution in [-0.2, 0) is 23.1 Å². The minimum atomic E-state index is -4.49. The Kier molecular flexibility index (Phi) is 7.42. The summed E-state index contributed by atoms with van der Waals surface area (Å²) in [6.07, 6.45) is -9.64. The van der Waals surface area contributed by atoms with Gasteiger partial charge in [0.25, 0.3) is 11.1 Å². The van der Waals surface area contributed by atoms with Crippen molar-refractivity contribution in [2.24, 2.45) is 0 Å². The van der Waals surface area contributed by atoms with Crippen LogP contribution in [0.5, 0.6) is 0 Å². The van der Waals surface area contributed by atoms with E-state index in [9.17, 15) is 24.4 Å². The Morgan fingerprint density at radius 3 is 2.64 bits per heavy atom. The van der Waals surface area contributed by atoms with Crippen molar-refractivity contribution in [2.75, 3.05) is 18.9 Å². The normalized spacial score (nSPS) is 31.3. The van der Waals surface area contributed by atoms with Gasteiger partial charge in [-0.15, -0.1) is 0 Å². The number of hydrogen-bond donors (Lipinski definition) is 6. The van der Waals surface area contributed by atoms with Gasteiger partial charge in [0.1, 0.15) is 30.1 Å². The Morgan fingerprint density at radius 2 is 1.88 bits per heavy atom. The zero-order chi connectivity index (χ0) is 29.9. The number of nitrogen functional groups attached to an aromatic ring is 1. The third-order valence-corrected chi connectivity index (χ3v) is 8.52. The number of aromatic nitrogens is 7. The maximum absolute atomic E-state index is 15.3. The molecular weight excluding hydrogens is 609 g/mol. The van der Waals surface area contributed by atoms with Crippen molar-refractivity contribution in [3.63, 3.8) is 0 Å². The number of nitrogens with one attached hydrogen (secondary N) is 2. The van der Waals surface area contributed by atoms with Crippen LogP contribution in [0.25, 0.3) is 22.2 Å². The second-order valence-corrected chi connectivity index (χ2v) is 12.4. The van der Waals surface area contributed by atoms with Gasteiger partial charge in [-0.05, 0) is 6.07 Å². The third-order valence-electron chi connectivity index (χ3n) is 6.91. The first-order valence-electron chi connectivity index (χ1n) is 12.3. The zero-order valence-corrected chi connectivity index (χ0v) is 22.8. The minimum absolute atomic E-state index is 0.105. The average molecular weight is 632 g/mol. The summed E-state index contributed by atoms with van der Waals surface area (Å²) < 4.78 is 67.7. The molecule has 0 aromatic carbocycles. The van der Waals surface area contributed by atoms with Gasteiger partial charge in [-0.25, -0.2) is 23.3 Å². The van der Waals surface area contributed by atoms with Crippen LogP contribution in [0.4, 0.5) is 14.7 Å². The van der Waals surface area contributed by atoms with Crippen molar-refractivity contribution >= 4 is 47.2 Å². The molecule has 226 valence electrons. The largest absolute Gasteiger partial charge is 0.394 e. The first kappa shape index (κ1) is 28.9. The number of aliphatic hydroxyl groups is 2. The molecule has 6 heterocycles. The molecule has 4 aromatic rings. The number of thiol groups is 1. The summed E-state index contributed by atoms with van der Waals surface area (Å²) in [6.45, 7) is -5.98. The Bertz CT molecular complexity index is 1800. The third kappa shape index (κ3) is 4.92. The van der Waals surface area contributed by atoms with E-state index in [-0.39, 0.29) is 28.1 Å². The fourth-order valence-electron chi connectivity index (χ4n) is 4.91. The lowest BCUT2D eigenvalue weighted by molar-refractivity contribution is -0.0530. The maximum Gasteiger partial charge on any atom is 0.386 e. The lowest BCUT2D eigenvalue weighted by Gasteiger charge is -2.25. The molecule has 0 aliphatic carbocycles. The fourth-order valence-corrected chi connectivity index (χ4v) is 6.36. The maximum atomic E-state index is 15.3. The molecule has 0 saturated carbocycles. The van der Waals surface area contributed by atoms with Gasteiger partial charge in [-0.3, -0.25) is 28.2 Å². The van der Waals surface area contributed by atoms with Crippen molar-refractivity contribution < 1.29 is 42.1 Å². The summed E-state index contributed by atoms with van der Waals surface area (Å²) in [7, 11) is 0. The SMILES string of the molecule is Nc1nc2c(ncn2[C@@H]2O[C@H](CO)[C@@H](F)[C@H]2OP(=O)(S)OC[C@H]2O[C@@H](n3ccc4c(=O)[nH]cnc43)[C@@H](F)[C@@H]2O)c(=O)[nH]1. The van der Waals surface area contributed by atoms with Crippen LogP contribution in [0.15, 0.2) is 34.5 Å². The summed E-state index contributed by atoms with van der Waals surface area (Å²) in [5.74, 6) is -0.265. The Morgan fingerprint density at radius 1 is 1.12 bits per heavy atom. The van der Waals surface area contributed by atoms with Crippen LogP contribution >= 0.6 is 19.0 Å². The van der Waals surface area contributed by atoms with Gasteiger partial charge in [0, 0.05) is 6.20 Å². The molecule has 4 aromatic heterocycles. The quantitative estimate of drug-likeness (QED) is 0.108. The van der Waals surface area contributed by atoms with E-state index in [2.05, 4.69) is 37.2 Å². The van der Waals surface area contributed by atoms with Gasteiger partial charge in [-0.2, -0.15) is 4.98 Å². The van der Waals surface area contributed by atoms with E-state index < -0.39 is 80.3 Å². The summed E-state index contributed by atoms with van der Waals surface area (Å²) in [5, 5.41) is 20.2. The van der Waals surface area contributed by atoms with Crippen molar-refractivity contribution in [3.05, 3.63) is 45.6 Å². The molecule has 2 aliphatic rings. The second kappa shape index (κ2) is 10.8. The highest BCUT2D eigenvalue weighted by atomic mass is 32.7. The smallest absolute Gasteiger partial charge is 0.386 e. The van der Waals surface area contributed by atoms with Crippen molar-refractivity contribution in [1.82, 2.24) is 34.1 Å². The topological polar surface area (TPSA) is 235 Å². The van der Waals surface area contributed by atoms with Crippen molar-refractivity contribution in [2.45, 2.75) is 49.2 Å². The number of fused-ring (bicyclic) bond motifs is 2. The monoisotopic (exact) mass is 632 g/mol. The average Bonchev–Trinajstić information content (AvgIpc) is 3.69. The number of rotatable bonds is 8. The van der Waals surface area contributed by atoms with E-state index in [1.165, 1.54) is 16.8 Å². The highest BCUT2D eigenvalue weighted by Gasteiger charge is 2.51. The van der Waals surface area contributed by atoms with Crippen LogP contribution in [-0.4, -0.2) is 94.2 Å². The number of nitrogens with two attached hydrogens (primary N) is 1. The lowest BCUT2D eigenvalue weighted by Crippen LogP contribution is -2.33. The Hall–Kier alpha value is -3.23. The molecule has 2 fully saturated rings. The predicted octanol–water partition coefficient (Wildman–Crippen LogP) is -0.296. The number of H-pyrrole nitrogens is 2. The molecule has 17 nitrogen and oxygen atoms in total. The first-order chi connectivity index (χ1) is 20.0.